The van der Waals surface area contributed by atoms with Crippen LogP contribution in [0, 0.1) is 0 Å². The summed E-state index contributed by atoms with van der Waals surface area (Å²) in [7, 11) is 0. The summed E-state index contributed by atoms with van der Waals surface area (Å²) in [5.41, 5.74) is 6.01. The Labute approximate surface area is 80.0 Å². The highest BCUT2D eigenvalue weighted by Gasteiger charge is 2.34. The number of hydrogen-bond donors (Lipinski definition) is 1. The van der Waals surface area contributed by atoms with Crippen molar-refractivity contribution in [3.8, 4) is 0 Å². The summed E-state index contributed by atoms with van der Waals surface area (Å²) in [6, 6.07) is -1.18. The van der Waals surface area contributed by atoms with E-state index in [0.29, 0.717) is 12.0 Å². The van der Waals surface area contributed by atoms with Gasteiger partial charge in [0.2, 0.25) is 0 Å². The summed E-state index contributed by atoms with van der Waals surface area (Å²) >= 11 is 0. The Morgan fingerprint density at radius 1 is 1.36 bits per heavy atom. The largest absolute Gasteiger partial charge is 0.327 e. The fourth-order valence-corrected chi connectivity index (χ4v) is 0.992. The average Bonchev–Trinajstić information content (AvgIpc) is 2.90. The lowest BCUT2D eigenvalue weighted by molar-refractivity contribution is 0.991. The predicted octanol–water partition coefficient (Wildman–Crippen LogP) is 1.92. The number of rotatable bonds is 1. The maximum Gasteiger partial charge on any atom is 0.0626 e. The molecule has 0 spiro atoms. The molecule has 0 amide bonds. The molecule has 2 N–H and O–H groups in total. The van der Waals surface area contributed by atoms with E-state index < -0.39 is 0 Å². The molecule has 1 nitrogen and oxygen atoms in total. The lowest BCUT2D eigenvalue weighted by Crippen LogP contribution is -2.00. The third kappa shape index (κ3) is 1.73. The minimum absolute atomic E-state index is 0. The molecule has 1 fully saturated rings. The average molecular weight is 175 g/mol. The molecule has 11 heavy (non-hydrogen) atoms. The summed E-state index contributed by atoms with van der Waals surface area (Å²) in [5, 5.41) is 0. The van der Waals surface area contributed by atoms with Crippen LogP contribution in [0.2, 0.25) is 0 Å². The molecule has 1 saturated carbocycles. The highest BCUT2D eigenvalue weighted by Crippen LogP contribution is 2.38. The lowest BCUT2D eigenvalue weighted by atomic mass is 10.1. The minimum Gasteiger partial charge on any atom is -0.327 e. The van der Waals surface area contributed by atoms with Crippen molar-refractivity contribution in [2.45, 2.75) is 18.4 Å². The Bertz CT molecular complexity index is 407. The van der Waals surface area contributed by atoms with Crippen LogP contribution in [0.15, 0.2) is 30.2 Å². The molecule has 1 aromatic rings. The van der Waals surface area contributed by atoms with Crippen molar-refractivity contribution in [3.05, 3.63) is 35.8 Å². The smallest absolute Gasteiger partial charge is 0.0626 e. The van der Waals surface area contributed by atoms with Crippen molar-refractivity contribution < 1.29 is 6.85 Å². The predicted molar refractivity (Wildman–Crippen MR) is 49.0 cm³/mol. The van der Waals surface area contributed by atoms with Crippen molar-refractivity contribution in [1.29, 1.82) is 0 Å². The van der Waals surface area contributed by atoms with E-state index in [0.717, 1.165) is 0 Å². The molecule has 1 aliphatic rings. The van der Waals surface area contributed by atoms with Crippen molar-refractivity contribution in [2.24, 2.45) is 5.73 Å². The molecule has 1 aliphatic carbocycles. The summed E-state index contributed by atoms with van der Waals surface area (Å²) in [4.78, 5) is 0. The van der Waals surface area contributed by atoms with Crippen LogP contribution < -0.4 is 5.73 Å². The van der Waals surface area contributed by atoms with Gasteiger partial charge in [-0.1, -0.05) is 30.2 Å². The molecule has 60 valence electrons. The first-order chi connectivity index (χ1) is 6.95. The van der Waals surface area contributed by atoms with Crippen LogP contribution >= 0.6 is 12.4 Å². The van der Waals surface area contributed by atoms with Crippen LogP contribution in [0.4, 0.5) is 0 Å². The van der Waals surface area contributed by atoms with E-state index in [9.17, 15) is 0 Å². The maximum absolute atomic E-state index is 7.67. The Hall–Kier alpha value is -0.530. The molecule has 0 aromatic heterocycles. The standard InChI is InChI=1S/C9H11N.ClH/c10-9-6-8(9)7-4-2-1-3-5-7;/h1-5,8-9H,6,10H2;1H/i1D,2D,3D,4D,5D;. The van der Waals surface area contributed by atoms with Gasteiger partial charge >= 0.3 is 0 Å². The second kappa shape index (κ2) is 3.24. The van der Waals surface area contributed by atoms with Gasteiger partial charge in [-0.25, -0.2) is 0 Å². The Morgan fingerprint density at radius 3 is 2.36 bits per heavy atom. The summed E-state index contributed by atoms with van der Waals surface area (Å²) in [6.45, 7) is 0. The van der Waals surface area contributed by atoms with Gasteiger partial charge in [-0.05, 0) is 12.0 Å². The second-order valence-corrected chi connectivity index (χ2v) is 2.54. The molecule has 2 atom stereocenters. The van der Waals surface area contributed by atoms with Gasteiger partial charge in [0.25, 0.3) is 0 Å². The van der Waals surface area contributed by atoms with Gasteiger partial charge in [0.15, 0.2) is 0 Å². The maximum atomic E-state index is 7.67. The summed E-state index contributed by atoms with van der Waals surface area (Å²) < 4.78 is 37.7. The zero-order valence-corrected chi connectivity index (χ0v) is 6.66. The van der Waals surface area contributed by atoms with Crippen LogP contribution in [0.3, 0.4) is 0 Å². The van der Waals surface area contributed by atoms with Crippen molar-refractivity contribution >= 4 is 12.4 Å². The third-order valence-corrected chi connectivity index (χ3v) is 1.73. The SMILES string of the molecule is Cl.[2H]c1c([2H])c([2H])c(C2CC2N)c([2H])c1[2H]. The highest BCUT2D eigenvalue weighted by atomic mass is 35.5. The number of hydrogen-bond acceptors (Lipinski definition) is 1. The van der Waals surface area contributed by atoms with Gasteiger partial charge in [0.05, 0.1) is 6.85 Å². The quantitative estimate of drug-likeness (QED) is 0.692. The van der Waals surface area contributed by atoms with Crippen molar-refractivity contribution in [1.82, 2.24) is 0 Å². The Kier molecular flexibility index (Phi) is 1.16. The van der Waals surface area contributed by atoms with E-state index in [2.05, 4.69) is 0 Å². The molecule has 1 aromatic carbocycles. The number of halogens is 1. The van der Waals surface area contributed by atoms with E-state index >= 15 is 0 Å². The molecular formula is C9H12ClN. The molecule has 2 rings (SSSR count). The van der Waals surface area contributed by atoms with Crippen LogP contribution in [0.5, 0.6) is 0 Å². The monoisotopic (exact) mass is 174 g/mol. The summed E-state index contributed by atoms with van der Waals surface area (Å²) in [6.07, 6.45) is 0.702. The second-order valence-electron chi connectivity index (χ2n) is 2.54. The lowest BCUT2D eigenvalue weighted by Gasteiger charge is -1.94. The normalized spacial score (nSPS) is 33.7. The van der Waals surface area contributed by atoms with Crippen molar-refractivity contribution in [2.75, 3.05) is 0 Å². The zero-order valence-electron chi connectivity index (χ0n) is 10.8. The van der Waals surface area contributed by atoms with Crippen LogP contribution in [0.25, 0.3) is 0 Å². The van der Waals surface area contributed by atoms with Gasteiger partial charge in [-0.2, -0.15) is 0 Å². The van der Waals surface area contributed by atoms with Gasteiger partial charge in [0, 0.05) is 12.0 Å². The van der Waals surface area contributed by atoms with Crippen LogP contribution in [0.1, 0.15) is 24.8 Å². The molecule has 0 saturated heterocycles. The molecule has 0 aliphatic heterocycles. The van der Waals surface area contributed by atoms with E-state index in [-0.39, 0.29) is 54.6 Å². The van der Waals surface area contributed by atoms with Crippen molar-refractivity contribution in [3.63, 3.8) is 0 Å². The van der Waals surface area contributed by atoms with Gasteiger partial charge < -0.3 is 5.73 Å². The van der Waals surface area contributed by atoms with E-state index in [1.165, 1.54) is 0 Å². The third-order valence-electron chi connectivity index (χ3n) is 1.73. The number of benzene rings is 1. The van der Waals surface area contributed by atoms with Gasteiger partial charge in [0.1, 0.15) is 0 Å². The van der Waals surface area contributed by atoms with E-state index in [1.54, 1.807) is 0 Å². The molecule has 0 radical (unpaired) electrons. The first-order valence-electron chi connectivity index (χ1n) is 5.77. The van der Waals surface area contributed by atoms with Gasteiger partial charge in [-0.3, -0.25) is 0 Å². The molecule has 0 bridgehead atoms. The summed E-state index contributed by atoms with van der Waals surface area (Å²) in [5.74, 6) is -0.0706. The van der Waals surface area contributed by atoms with Gasteiger partial charge in [-0.15, -0.1) is 12.4 Å². The van der Waals surface area contributed by atoms with E-state index in [4.69, 9.17) is 12.6 Å². The van der Waals surface area contributed by atoms with Crippen LogP contribution in [-0.4, -0.2) is 6.04 Å². The highest BCUT2D eigenvalue weighted by molar-refractivity contribution is 5.85. The first kappa shape index (κ1) is 3.92. The molecule has 2 heteroatoms. The minimum atomic E-state index is -0.344. The zero-order chi connectivity index (χ0) is 11.3. The van der Waals surface area contributed by atoms with E-state index in [1.807, 2.05) is 0 Å². The number of nitrogens with two attached hydrogens (primary N) is 1. The molecule has 2 unspecified atom stereocenters. The fourth-order valence-electron chi connectivity index (χ4n) is 0.992. The molecule has 0 heterocycles. The first-order valence-corrected chi connectivity index (χ1v) is 3.27. The topological polar surface area (TPSA) is 26.0 Å². The Balaban J connectivity index is 0.00000128. The Morgan fingerprint density at radius 2 is 1.91 bits per heavy atom. The molecular weight excluding hydrogens is 158 g/mol. The van der Waals surface area contributed by atoms with Crippen LogP contribution in [-0.2, 0) is 0 Å². The fraction of sp³-hybridized carbons (Fsp3) is 0.333.